The van der Waals surface area contributed by atoms with Crippen LogP contribution >= 0.6 is 0 Å². The van der Waals surface area contributed by atoms with Gasteiger partial charge in [0.1, 0.15) is 5.84 Å². The molecule has 0 aromatic heterocycles. The van der Waals surface area contributed by atoms with Crippen LogP contribution in [0.25, 0.3) is 0 Å². The SMILES string of the molecule is CCCCS(=O)(=O)NC1(C(=N)N)CCC(C)CC1. The molecule has 4 N–H and O–H groups in total. The Morgan fingerprint density at radius 1 is 1.44 bits per heavy atom. The molecule has 0 aromatic carbocycles. The van der Waals surface area contributed by atoms with Gasteiger partial charge in [0.05, 0.1) is 11.3 Å². The zero-order valence-corrected chi connectivity index (χ0v) is 12.1. The van der Waals surface area contributed by atoms with Crippen molar-refractivity contribution >= 4 is 15.9 Å². The van der Waals surface area contributed by atoms with Crippen molar-refractivity contribution in [2.75, 3.05) is 5.75 Å². The lowest BCUT2D eigenvalue weighted by molar-refractivity contribution is 0.285. The van der Waals surface area contributed by atoms with E-state index in [0.29, 0.717) is 25.2 Å². The summed E-state index contributed by atoms with van der Waals surface area (Å²) in [5.41, 5.74) is 4.81. The predicted molar refractivity (Wildman–Crippen MR) is 74.1 cm³/mol. The summed E-state index contributed by atoms with van der Waals surface area (Å²) in [6, 6.07) is 0. The van der Waals surface area contributed by atoms with Gasteiger partial charge in [-0.15, -0.1) is 0 Å². The summed E-state index contributed by atoms with van der Waals surface area (Å²) >= 11 is 0. The number of hydrogen-bond donors (Lipinski definition) is 3. The molecule has 0 unspecified atom stereocenters. The topological polar surface area (TPSA) is 96.0 Å². The van der Waals surface area contributed by atoms with E-state index in [4.69, 9.17) is 11.1 Å². The fourth-order valence-corrected chi connectivity index (χ4v) is 4.04. The quantitative estimate of drug-likeness (QED) is 0.507. The van der Waals surface area contributed by atoms with E-state index in [2.05, 4.69) is 11.6 Å². The first-order valence-corrected chi connectivity index (χ1v) is 8.33. The highest BCUT2D eigenvalue weighted by atomic mass is 32.2. The molecule has 0 atom stereocenters. The van der Waals surface area contributed by atoms with Crippen LogP contribution in [0.2, 0.25) is 0 Å². The van der Waals surface area contributed by atoms with Crippen molar-refractivity contribution < 1.29 is 8.42 Å². The summed E-state index contributed by atoms with van der Waals surface area (Å²) < 4.78 is 26.7. The van der Waals surface area contributed by atoms with Crippen LogP contribution in [0.4, 0.5) is 0 Å². The van der Waals surface area contributed by atoms with Crippen molar-refractivity contribution in [2.24, 2.45) is 11.7 Å². The molecule has 106 valence electrons. The first kappa shape index (κ1) is 15.4. The second kappa shape index (κ2) is 6.02. The van der Waals surface area contributed by atoms with Crippen molar-refractivity contribution in [2.45, 2.75) is 57.9 Å². The zero-order chi connectivity index (χ0) is 13.8. The highest BCUT2D eigenvalue weighted by Crippen LogP contribution is 2.32. The molecule has 0 amide bonds. The lowest BCUT2D eigenvalue weighted by Crippen LogP contribution is -2.59. The fourth-order valence-electron chi connectivity index (χ4n) is 2.36. The Balaban J connectivity index is 2.78. The molecule has 5 nitrogen and oxygen atoms in total. The molecule has 1 saturated carbocycles. The van der Waals surface area contributed by atoms with Gasteiger partial charge in [0, 0.05) is 0 Å². The maximum atomic E-state index is 12.0. The van der Waals surface area contributed by atoms with Crippen molar-refractivity contribution in [3.05, 3.63) is 0 Å². The molecule has 6 heteroatoms. The Morgan fingerprint density at radius 3 is 2.44 bits per heavy atom. The minimum atomic E-state index is -3.34. The minimum Gasteiger partial charge on any atom is -0.386 e. The predicted octanol–water partition coefficient (Wildman–Crippen LogP) is 1.59. The van der Waals surface area contributed by atoms with Gasteiger partial charge in [-0.1, -0.05) is 20.3 Å². The molecule has 0 bridgehead atoms. The highest BCUT2D eigenvalue weighted by molar-refractivity contribution is 7.89. The van der Waals surface area contributed by atoms with Crippen molar-refractivity contribution in [3.8, 4) is 0 Å². The summed E-state index contributed by atoms with van der Waals surface area (Å²) in [5, 5.41) is 7.71. The van der Waals surface area contributed by atoms with E-state index < -0.39 is 15.6 Å². The van der Waals surface area contributed by atoms with Gasteiger partial charge in [0.2, 0.25) is 10.0 Å². The van der Waals surface area contributed by atoms with Crippen molar-refractivity contribution in [1.82, 2.24) is 4.72 Å². The van der Waals surface area contributed by atoms with E-state index >= 15 is 0 Å². The monoisotopic (exact) mass is 275 g/mol. The molecule has 0 spiro atoms. The summed E-state index contributed by atoms with van der Waals surface area (Å²) in [5.74, 6) is 0.653. The third-order valence-corrected chi connectivity index (χ3v) is 5.29. The summed E-state index contributed by atoms with van der Waals surface area (Å²) in [7, 11) is -3.34. The maximum absolute atomic E-state index is 12.0. The molecular weight excluding hydrogens is 250 g/mol. The summed E-state index contributed by atoms with van der Waals surface area (Å²) in [6.45, 7) is 4.11. The average molecular weight is 275 g/mol. The van der Waals surface area contributed by atoms with Gasteiger partial charge in [0.15, 0.2) is 0 Å². The largest absolute Gasteiger partial charge is 0.386 e. The minimum absolute atomic E-state index is 0.0468. The molecule has 0 saturated heterocycles. The Labute approximate surface area is 110 Å². The average Bonchev–Trinajstić information content (AvgIpc) is 2.29. The van der Waals surface area contributed by atoms with Crippen LogP contribution in [0.5, 0.6) is 0 Å². The van der Waals surface area contributed by atoms with E-state index in [9.17, 15) is 8.42 Å². The van der Waals surface area contributed by atoms with Crippen molar-refractivity contribution in [3.63, 3.8) is 0 Å². The van der Waals surface area contributed by atoms with E-state index in [0.717, 1.165) is 19.3 Å². The first-order chi connectivity index (χ1) is 8.31. The Hall–Kier alpha value is -0.620. The number of amidine groups is 1. The normalized spacial score (nSPS) is 29.1. The van der Waals surface area contributed by atoms with Crippen LogP contribution < -0.4 is 10.5 Å². The Kier molecular flexibility index (Phi) is 5.16. The lowest BCUT2D eigenvalue weighted by atomic mass is 9.77. The van der Waals surface area contributed by atoms with Gasteiger partial charge in [-0.25, -0.2) is 13.1 Å². The van der Waals surface area contributed by atoms with Gasteiger partial charge < -0.3 is 5.73 Å². The smallest absolute Gasteiger partial charge is 0.212 e. The van der Waals surface area contributed by atoms with Gasteiger partial charge >= 0.3 is 0 Å². The number of nitrogens with one attached hydrogen (secondary N) is 2. The molecule has 1 fully saturated rings. The number of nitrogens with two attached hydrogens (primary N) is 1. The number of rotatable bonds is 6. The third-order valence-electron chi connectivity index (χ3n) is 3.76. The lowest BCUT2D eigenvalue weighted by Gasteiger charge is -2.38. The molecule has 0 radical (unpaired) electrons. The second-order valence-electron chi connectivity index (χ2n) is 5.45. The maximum Gasteiger partial charge on any atom is 0.212 e. The van der Waals surface area contributed by atoms with E-state index in [1.54, 1.807) is 0 Å². The highest BCUT2D eigenvalue weighted by Gasteiger charge is 2.40. The van der Waals surface area contributed by atoms with E-state index in [-0.39, 0.29) is 11.6 Å². The van der Waals surface area contributed by atoms with E-state index in [1.165, 1.54) is 0 Å². The Morgan fingerprint density at radius 2 is 2.00 bits per heavy atom. The third kappa shape index (κ3) is 3.95. The van der Waals surface area contributed by atoms with Crippen LogP contribution in [0.3, 0.4) is 0 Å². The summed E-state index contributed by atoms with van der Waals surface area (Å²) in [4.78, 5) is 0. The molecule has 0 heterocycles. The molecule has 0 aliphatic heterocycles. The molecule has 1 rings (SSSR count). The standard InChI is InChI=1S/C12H25N3O2S/c1-3-4-9-18(16,17)15-12(11(13)14)7-5-10(2)6-8-12/h10,15H,3-9H2,1-2H3,(H3,13,14). The molecular formula is C12H25N3O2S. The first-order valence-electron chi connectivity index (χ1n) is 6.67. The van der Waals surface area contributed by atoms with E-state index in [1.807, 2.05) is 6.92 Å². The van der Waals surface area contributed by atoms with Crippen LogP contribution in [0, 0.1) is 11.3 Å². The summed E-state index contributed by atoms with van der Waals surface area (Å²) in [6.07, 6.45) is 4.57. The van der Waals surface area contributed by atoms with Crippen LogP contribution in [-0.4, -0.2) is 25.5 Å². The van der Waals surface area contributed by atoms with Crippen LogP contribution in [0.15, 0.2) is 0 Å². The van der Waals surface area contributed by atoms with Crippen molar-refractivity contribution in [1.29, 1.82) is 5.41 Å². The molecule has 1 aliphatic rings. The van der Waals surface area contributed by atoms with Gasteiger partial charge in [-0.2, -0.15) is 0 Å². The number of hydrogen-bond acceptors (Lipinski definition) is 3. The second-order valence-corrected chi connectivity index (χ2v) is 7.29. The fraction of sp³-hybridized carbons (Fsp3) is 0.917. The van der Waals surface area contributed by atoms with Gasteiger partial charge in [-0.3, -0.25) is 5.41 Å². The zero-order valence-electron chi connectivity index (χ0n) is 11.3. The Bertz CT molecular complexity index is 384. The number of unbranched alkanes of at least 4 members (excludes halogenated alkanes) is 1. The number of sulfonamides is 1. The molecule has 0 aromatic rings. The van der Waals surface area contributed by atoms with Gasteiger partial charge in [-0.05, 0) is 38.0 Å². The van der Waals surface area contributed by atoms with Crippen LogP contribution in [-0.2, 0) is 10.0 Å². The molecule has 18 heavy (non-hydrogen) atoms. The molecule has 1 aliphatic carbocycles. The van der Waals surface area contributed by atoms with Gasteiger partial charge in [0.25, 0.3) is 0 Å². The van der Waals surface area contributed by atoms with Crippen LogP contribution in [0.1, 0.15) is 52.4 Å².